The van der Waals surface area contributed by atoms with Gasteiger partial charge in [-0.05, 0) is 44.7 Å². The zero-order valence-electron chi connectivity index (χ0n) is 17.4. The van der Waals surface area contributed by atoms with Crippen molar-refractivity contribution in [3.05, 3.63) is 24.3 Å². The third-order valence-electron chi connectivity index (χ3n) is 5.29. The molecule has 7 nitrogen and oxygen atoms in total. The van der Waals surface area contributed by atoms with E-state index < -0.39 is 0 Å². The Morgan fingerprint density at radius 3 is 2.18 bits per heavy atom. The van der Waals surface area contributed by atoms with Gasteiger partial charge in [-0.25, -0.2) is 4.79 Å². The largest absolute Gasteiger partial charge is 0.448 e. The molecule has 0 aromatic heterocycles. The molecule has 2 heterocycles. The second-order valence-corrected chi connectivity index (χ2v) is 7.62. The van der Waals surface area contributed by atoms with Gasteiger partial charge in [-0.3, -0.25) is 0 Å². The Hall–Kier alpha value is -1.99. The van der Waals surface area contributed by atoms with Crippen LogP contribution in [0.25, 0.3) is 0 Å². The summed E-state index contributed by atoms with van der Waals surface area (Å²) in [6.45, 7) is 13.2. The summed E-state index contributed by atoms with van der Waals surface area (Å²) < 4.78 is 11.1. The van der Waals surface area contributed by atoms with Gasteiger partial charge < -0.3 is 29.5 Å². The molecule has 2 atom stereocenters. The molecule has 2 saturated heterocycles. The van der Waals surface area contributed by atoms with E-state index in [1.807, 2.05) is 6.92 Å². The van der Waals surface area contributed by atoms with Gasteiger partial charge in [0.05, 0.1) is 12.2 Å². The first-order valence-electron chi connectivity index (χ1n) is 10.4. The van der Waals surface area contributed by atoms with Crippen LogP contribution in [0.1, 0.15) is 20.8 Å². The van der Waals surface area contributed by atoms with Gasteiger partial charge in [-0.2, -0.15) is 0 Å². The second kappa shape index (κ2) is 9.98. The molecular formula is C21H34N4O3. The summed E-state index contributed by atoms with van der Waals surface area (Å²) in [4.78, 5) is 18.6. The Morgan fingerprint density at radius 1 is 1.04 bits per heavy atom. The highest BCUT2D eigenvalue weighted by Crippen LogP contribution is 2.24. The van der Waals surface area contributed by atoms with Gasteiger partial charge in [-0.15, -0.1) is 0 Å². The summed E-state index contributed by atoms with van der Waals surface area (Å²) in [7, 11) is 0. The molecule has 1 aromatic rings. The molecule has 28 heavy (non-hydrogen) atoms. The van der Waals surface area contributed by atoms with Gasteiger partial charge in [0.15, 0.2) is 0 Å². The van der Waals surface area contributed by atoms with Gasteiger partial charge in [0.25, 0.3) is 0 Å². The summed E-state index contributed by atoms with van der Waals surface area (Å²) in [6, 6.07) is 8.76. The smallest absolute Gasteiger partial charge is 0.409 e. The summed E-state index contributed by atoms with van der Waals surface area (Å²) >= 11 is 0. The van der Waals surface area contributed by atoms with Crippen molar-refractivity contribution in [2.75, 3.05) is 68.8 Å². The zero-order chi connectivity index (χ0) is 19.9. The van der Waals surface area contributed by atoms with Crippen LogP contribution in [0.3, 0.4) is 0 Å². The number of likely N-dealkylation sites (N-methyl/N-ethyl adjacent to an activating group) is 1. The number of hydrogen-bond acceptors (Lipinski definition) is 6. The maximum Gasteiger partial charge on any atom is 0.409 e. The van der Waals surface area contributed by atoms with E-state index in [4.69, 9.17) is 9.47 Å². The lowest BCUT2D eigenvalue weighted by atomic mass is 10.1. The number of carbonyl (C=O) groups excluding carboxylic acids is 1. The first kappa shape index (κ1) is 20.7. The molecule has 0 spiro atoms. The van der Waals surface area contributed by atoms with Crippen LogP contribution in [0.5, 0.6) is 0 Å². The fourth-order valence-corrected chi connectivity index (χ4v) is 3.89. The highest BCUT2D eigenvalue weighted by Gasteiger charge is 2.24. The van der Waals surface area contributed by atoms with E-state index >= 15 is 0 Å². The van der Waals surface area contributed by atoms with Crippen molar-refractivity contribution in [1.82, 2.24) is 10.2 Å². The minimum Gasteiger partial charge on any atom is -0.448 e. The second-order valence-electron chi connectivity index (χ2n) is 7.62. The third kappa shape index (κ3) is 5.52. The molecule has 2 fully saturated rings. The average Bonchev–Trinajstić information content (AvgIpc) is 2.70. The standard InChI is InChI=1S/C21H34N4O3/c1-4-22-9-14-27-21(26)24-12-10-23(11-13-24)19-5-7-20(8-6-19)25-15-17(2)28-18(3)16-25/h5-8,17-18,22H,4,9-16H2,1-3H3/t17-,18+. The van der Waals surface area contributed by atoms with Crippen molar-refractivity contribution in [3.63, 3.8) is 0 Å². The van der Waals surface area contributed by atoms with Crippen molar-refractivity contribution >= 4 is 17.5 Å². The molecule has 1 aromatic carbocycles. The van der Waals surface area contributed by atoms with Crippen molar-refractivity contribution < 1.29 is 14.3 Å². The lowest BCUT2D eigenvalue weighted by molar-refractivity contribution is -0.00521. The Balaban J connectivity index is 1.47. The first-order valence-corrected chi connectivity index (χ1v) is 10.4. The summed E-state index contributed by atoms with van der Waals surface area (Å²) in [5.74, 6) is 0. The van der Waals surface area contributed by atoms with E-state index in [-0.39, 0.29) is 18.3 Å². The van der Waals surface area contributed by atoms with Gasteiger partial charge in [0.1, 0.15) is 6.61 Å². The van der Waals surface area contributed by atoms with Crippen LogP contribution in [0, 0.1) is 0 Å². The van der Waals surface area contributed by atoms with Crippen LogP contribution in [0.15, 0.2) is 24.3 Å². The summed E-state index contributed by atoms with van der Waals surface area (Å²) in [5, 5.41) is 3.15. The molecule has 0 aliphatic carbocycles. The molecule has 156 valence electrons. The van der Waals surface area contributed by atoms with Crippen LogP contribution < -0.4 is 15.1 Å². The van der Waals surface area contributed by atoms with Crippen LogP contribution in [0.2, 0.25) is 0 Å². The molecule has 1 amide bonds. The number of rotatable bonds is 6. The fraction of sp³-hybridized carbons (Fsp3) is 0.667. The van der Waals surface area contributed by atoms with Gasteiger partial charge >= 0.3 is 6.09 Å². The monoisotopic (exact) mass is 390 g/mol. The molecule has 0 unspecified atom stereocenters. The average molecular weight is 391 g/mol. The van der Waals surface area contributed by atoms with E-state index in [0.717, 1.165) is 32.7 Å². The Bertz CT molecular complexity index is 607. The van der Waals surface area contributed by atoms with Gasteiger partial charge in [0.2, 0.25) is 0 Å². The SMILES string of the molecule is CCNCCOC(=O)N1CCN(c2ccc(N3C[C@@H](C)O[C@@H](C)C3)cc2)CC1. The Kier molecular flexibility index (Phi) is 7.39. The Labute approximate surface area is 168 Å². The highest BCUT2D eigenvalue weighted by atomic mass is 16.6. The predicted molar refractivity (Wildman–Crippen MR) is 112 cm³/mol. The number of nitrogens with zero attached hydrogens (tertiary/aromatic N) is 3. The first-order chi connectivity index (χ1) is 13.6. The third-order valence-corrected chi connectivity index (χ3v) is 5.29. The molecule has 7 heteroatoms. The number of benzene rings is 1. The molecule has 1 N–H and O–H groups in total. The van der Waals surface area contributed by atoms with Crippen molar-refractivity contribution in [2.24, 2.45) is 0 Å². The van der Waals surface area contributed by atoms with E-state index in [1.165, 1.54) is 11.4 Å². The summed E-state index contributed by atoms with van der Waals surface area (Å²) in [5.41, 5.74) is 2.45. The maximum absolute atomic E-state index is 12.1. The fourth-order valence-electron chi connectivity index (χ4n) is 3.89. The Morgan fingerprint density at radius 2 is 1.61 bits per heavy atom. The summed E-state index contributed by atoms with van der Waals surface area (Å²) in [6.07, 6.45) is 0.312. The highest BCUT2D eigenvalue weighted by molar-refractivity contribution is 5.68. The maximum atomic E-state index is 12.1. The van der Waals surface area contributed by atoms with Gasteiger partial charge in [0, 0.05) is 57.2 Å². The molecule has 0 saturated carbocycles. The number of hydrogen-bond donors (Lipinski definition) is 1. The van der Waals surface area contributed by atoms with Crippen molar-refractivity contribution in [1.29, 1.82) is 0 Å². The van der Waals surface area contributed by atoms with E-state index in [9.17, 15) is 4.79 Å². The number of anilines is 2. The van der Waals surface area contributed by atoms with Crippen LogP contribution in [-0.2, 0) is 9.47 Å². The number of amides is 1. The quantitative estimate of drug-likeness (QED) is 0.752. The van der Waals surface area contributed by atoms with E-state index in [0.29, 0.717) is 26.2 Å². The van der Waals surface area contributed by atoms with E-state index in [1.54, 1.807) is 4.90 Å². The lowest BCUT2D eigenvalue weighted by Crippen LogP contribution is -2.49. The van der Waals surface area contributed by atoms with Gasteiger partial charge in [-0.1, -0.05) is 6.92 Å². The number of carbonyl (C=O) groups is 1. The number of morpholine rings is 1. The van der Waals surface area contributed by atoms with Crippen LogP contribution >= 0.6 is 0 Å². The van der Waals surface area contributed by atoms with Crippen LogP contribution in [0.4, 0.5) is 16.2 Å². The number of ether oxygens (including phenoxy) is 2. The lowest BCUT2D eigenvalue weighted by Gasteiger charge is -2.38. The van der Waals surface area contributed by atoms with Crippen LogP contribution in [-0.4, -0.2) is 82.2 Å². The molecule has 2 aliphatic heterocycles. The van der Waals surface area contributed by atoms with E-state index in [2.05, 4.69) is 53.2 Å². The number of piperazine rings is 1. The topological polar surface area (TPSA) is 57.3 Å². The molecule has 0 radical (unpaired) electrons. The van der Waals surface area contributed by atoms with Crippen molar-refractivity contribution in [2.45, 2.75) is 33.0 Å². The normalized spacial score (nSPS) is 23.0. The molecule has 2 aliphatic rings. The minimum absolute atomic E-state index is 0.205. The molecule has 0 bridgehead atoms. The molecular weight excluding hydrogens is 356 g/mol. The zero-order valence-corrected chi connectivity index (χ0v) is 17.4. The predicted octanol–water partition coefficient (Wildman–Crippen LogP) is 2.17. The minimum atomic E-state index is -0.205. The molecule has 3 rings (SSSR count). The van der Waals surface area contributed by atoms with Crippen molar-refractivity contribution in [3.8, 4) is 0 Å². The number of nitrogens with one attached hydrogen (secondary N) is 1.